The molecule has 0 spiro atoms. The summed E-state index contributed by atoms with van der Waals surface area (Å²) in [5.74, 6) is 0.560. The topological polar surface area (TPSA) is 79.5 Å². The van der Waals surface area contributed by atoms with E-state index in [4.69, 9.17) is 4.42 Å². The van der Waals surface area contributed by atoms with Crippen LogP contribution in [0.15, 0.2) is 34.7 Å². The number of hydrogen-bond donors (Lipinski definition) is 0. The van der Waals surface area contributed by atoms with Crippen molar-refractivity contribution in [1.82, 2.24) is 20.0 Å². The van der Waals surface area contributed by atoms with E-state index in [-0.39, 0.29) is 37.0 Å². The van der Waals surface area contributed by atoms with Crippen LogP contribution < -0.4 is 0 Å². The van der Waals surface area contributed by atoms with Crippen LogP contribution in [0.5, 0.6) is 0 Å². The predicted molar refractivity (Wildman–Crippen MR) is 79.2 cm³/mol. The van der Waals surface area contributed by atoms with Crippen molar-refractivity contribution < 1.29 is 14.0 Å². The Morgan fingerprint density at radius 2 is 1.83 bits per heavy atom. The lowest BCUT2D eigenvalue weighted by Gasteiger charge is -2.14. The van der Waals surface area contributed by atoms with Crippen LogP contribution in [0, 0.1) is 0 Å². The van der Waals surface area contributed by atoms with E-state index in [1.54, 1.807) is 4.90 Å². The van der Waals surface area contributed by atoms with E-state index in [0.29, 0.717) is 12.3 Å². The van der Waals surface area contributed by atoms with Gasteiger partial charge in [-0.3, -0.25) is 9.69 Å². The quantitative estimate of drug-likeness (QED) is 0.783. The molecule has 0 N–H and O–H groups in total. The molecule has 2 fully saturated rings. The number of imide groups is 1. The van der Waals surface area contributed by atoms with Gasteiger partial charge >= 0.3 is 6.03 Å². The first-order chi connectivity index (χ1) is 11.2. The average Bonchev–Trinajstić information content (AvgIpc) is 3.25. The number of benzene rings is 1. The molecular formula is C16H16N4O3. The summed E-state index contributed by atoms with van der Waals surface area (Å²) in [6.07, 6.45) is 2.49. The molecule has 0 radical (unpaired) electrons. The Labute approximate surface area is 132 Å². The minimum absolute atomic E-state index is 0.0443. The molecule has 0 unspecified atom stereocenters. The van der Waals surface area contributed by atoms with E-state index in [1.807, 2.05) is 30.3 Å². The van der Waals surface area contributed by atoms with Crippen molar-refractivity contribution in [3.8, 4) is 0 Å². The van der Waals surface area contributed by atoms with Gasteiger partial charge in [-0.2, -0.15) is 0 Å². The molecule has 1 aliphatic heterocycles. The number of rotatable bonds is 5. The number of aromatic nitrogens is 2. The van der Waals surface area contributed by atoms with Crippen molar-refractivity contribution in [2.45, 2.75) is 31.8 Å². The summed E-state index contributed by atoms with van der Waals surface area (Å²) < 4.78 is 5.57. The summed E-state index contributed by atoms with van der Waals surface area (Å²) in [5.41, 5.74) is 1.07. The Balaban J connectivity index is 1.43. The van der Waals surface area contributed by atoms with Gasteiger partial charge in [-0.15, -0.1) is 10.2 Å². The monoisotopic (exact) mass is 312 g/mol. The number of urea groups is 1. The molecule has 0 atom stereocenters. The molecule has 7 heteroatoms. The lowest BCUT2D eigenvalue weighted by Crippen LogP contribution is -2.33. The van der Waals surface area contributed by atoms with E-state index in [0.717, 1.165) is 18.4 Å². The highest BCUT2D eigenvalue weighted by molar-refractivity contribution is 6.02. The van der Waals surface area contributed by atoms with E-state index < -0.39 is 0 Å². The van der Waals surface area contributed by atoms with Crippen LogP contribution >= 0.6 is 0 Å². The number of hydrogen-bond acceptors (Lipinski definition) is 5. The Hall–Kier alpha value is -2.70. The molecule has 1 aromatic carbocycles. The van der Waals surface area contributed by atoms with Crippen LogP contribution in [0.2, 0.25) is 0 Å². The van der Waals surface area contributed by atoms with Crippen LogP contribution in [0.3, 0.4) is 0 Å². The second kappa shape index (κ2) is 5.49. The first-order valence-electron chi connectivity index (χ1n) is 7.67. The second-order valence-electron chi connectivity index (χ2n) is 5.87. The van der Waals surface area contributed by atoms with Gasteiger partial charge in [0.2, 0.25) is 11.8 Å². The fraction of sp³-hybridized carbons (Fsp3) is 0.375. The molecule has 2 aliphatic rings. The first-order valence-corrected chi connectivity index (χ1v) is 7.67. The molecule has 4 rings (SSSR count). The Bertz CT molecular complexity index is 739. The van der Waals surface area contributed by atoms with Gasteiger partial charge in [0.1, 0.15) is 13.1 Å². The molecule has 118 valence electrons. The minimum Gasteiger partial charge on any atom is -0.423 e. The maximum atomic E-state index is 12.2. The van der Waals surface area contributed by atoms with Gasteiger partial charge < -0.3 is 9.32 Å². The largest absolute Gasteiger partial charge is 0.423 e. The maximum absolute atomic E-state index is 12.2. The fourth-order valence-electron chi connectivity index (χ4n) is 2.72. The van der Waals surface area contributed by atoms with Crippen molar-refractivity contribution in [2.24, 2.45) is 0 Å². The van der Waals surface area contributed by atoms with Crippen LogP contribution in [0.25, 0.3) is 0 Å². The lowest BCUT2D eigenvalue weighted by atomic mass is 10.2. The number of carbonyl (C=O) groups excluding carboxylic acids is 2. The lowest BCUT2D eigenvalue weighted by molar-refractivity contribution is -0.126. The molecule has 1 saturated heterocycles. The van der Waals surface area contributed by atoms with Gasteiger partial charge in [-0.05, 0) is 18.4 Å². The van der Waals surface area contributed by atoms with Crippen LogP contribution in [-0.4, -0.2) is 44.5 Å². The highest BCUT2D eigenvalue weighted by Crippen LogP contribution is 2.30. The van der Waals surface area contributed by atoms with Crippen molar-refractivity contribution in [3.05, 3.63) is 47.7 Å². The molecule has 0 bridgehead atoms. The normalized spacial score (nSPS) is 18.1. The Morgan fingerprint density at radius 1 is 1.09 bits per heavy atom. The third-order valence-corrected chi connectivity index (χ3v) is 4.07. The van der Waals surface area contributed by atoms with E-state index in [1.165, 1.54) is 4.90 Å². The fourth-order valence-corrected chi connectivity index (χ4v) is 2.72. The standard InChI is InChI=1S/C16H16N4O3/c21-15-10-19(12-6-7-12)16(22)20(15)9-14-18-17-13(23-14)8-11-4-2-1-3-5-11/h1-5,12H,6-10H2. The predicted octanol–water partition coefficient (Wildman–Crippen LogP) is 1.59. The molecule has 7 nitrogen and oxygen atoms in total. The summed E-state index contributed by atoms with van der Waals surface area (Å²) in [6, 6.07) is 9.77. The molecule has 23 heavy (non-hydrogen) atoms. The third kappa shape index (κ3) is 2.81. The van der Waals surface area contributed by atoms with Gasteiger partial charge in [-0.25, -0.2) is 4.79 Å². The van der Waals surface area contributed by atoms with Crippen molar-refractivity contribution in [2.75, 3.05) is 6.54 Å². The zero-order chi connectivity index (χ0) is 15.8. The molecule has 1 aromatic heterocycles. The van der Waals surface area contributed by atoms with Gasteiger partial charge in [0.25, 0.3) is 5.91 Å². The van der Waals surface area contributed by atoms with Crippen LogP contribution in [-0.2, 0) is 17.8 Å². The summed E-state index contributed by atoms with van der Waals surface area (Å²) >= 11 is 0. The van der Waals surface area contributed by atoms with E-state index in [9.17, 15) is 9.59 Å². The highest BCUT2D eigenvalue weighted by Gasteiger charge is 2.44. The van der Waals surface area contributed by atoms with Crippen molar-refractivity contribution in [1.29, 1.82) is 0 Å². The maximum Gasteiger partial charge on any atom is 0.327 e. The average molecular weight is 312 g/mol. The summed E-state index contributed by atoms with van der Waals surface area (Å²) in [5, 5.41) is 7.94. The van der Waals surface area contributed by atoms with E-state index >= 15 is 0 Å². The molecular weight excluding hydrogens is 296 g/mol. The smallest absolute Gasteiger partial charge is 0.327 e. The molecule has 2 aromatic rings. The second-order valence-corrected chi connectivity index (χ2v) is 5.87. The van der Waals surface area contributed by atoms with Gasteiger partial charge in [-0.1, -0.05) is 30.3 Å². The van der Waals surface area contributed by atoms with Gasteiger partial charge in [0, 0.05) is 6.04 Å². The molecule has 1 aliphatic carbocycles. The number of nitrogens with zero attached hydrogens (tertiary/aromatic N) is 4. The molecule has 2 heterocycles. The number of amides is 3. The van der Waals surface area contributed by atoms with E-state index in [2.05, 4.69) is 10.2 Å². The summed E-state index contributed by atoms with van der Waals surface area (Å²) in [6.45, 7) is 0.206. The first kappa shape index (κ1) is 13.9. The number of carbonyl (C=O) groups is 2. The zero-order valence-electron chi connectivity index (χ0n) is 12.5. The highest BCUT2D eigenvalue weighted by atomic mass is 16.4. The van der Waals surface area contributed by atoms with Crippen LogP contribution in [0.4, 0.5) is 4.79 Å². The minimum atomic E-state index is -0.250. The Kier molecular flexibility index (Phi) is 3.33. The van der Waals surface area contributed by atoms with Crippen molar-refractivity contribution in [3.63, 3.8) is 0 Å². The third-order valence-electron chi connectivity index (χ3n) is 4.07. The molecule has 3 amide bonds. The van der Waals surface area contributed by atoms with Crippen molar-refractivity contribution >= 4 is 11.9 Å². The van der Waals surface area contributed by atoms with Gasteiger partial charge in [0.15, 0.2) is 0 Å². The Morgan fingerprint density at radius 3 is 2.57 bits per heavy atom. The SMILES string of the molecule is O=C1CN(C2CC2)C(=O)N1Cc1nnc(Cc2ccccc2)o1. The summed E-state index contributed by atoms with van der Waals surface area (Å²) in [4.78, 5) is 27.1. The summed E-state index contributed by atoms with van der Waals surface area (Å²) in [7, 11) is 0. The van der Waals surface area contributed by atoms with Crippen LogP contribution in [0.1, 0.15) is 30.2 Å². The van der Waals surface area contributed by atoms with Gasteiger partial charge in [0.05, 0.1) is 6.42 Å². The zero-order valence-corrected chi connectivity index (χ0v) is 12.5. The molecule has 1 saturated carbocycles.